The molecule has 1 heterocycles. The Labute approximate surface area is 205 Å². The third-order valence-electron chi connectivity index (χ3n) is 5.14. The van der Waals surface area contributed by atoms with E-state index in [9.17, 15) is 14.4 Å². The van der Waals surface area contributed by atoms with Gasteiger partial charge >= 0.3 is 5.69 Å². The van der Waals surface area contributed by atoms with Crippen molar-refractivity contribution >= 4 is 29.2 Å². The average Bonchev–Trinajstić information content (AvgIpc) is 2.86. The molecule has 3 aromatic carbocycles. The highest BCUT2D eigenvalue weighted by Gasteiger charge is 2.10. The first-order chi connectivity index (χ1) is 17.0. The van der Waals surface area contributed by atoms with Crippen molar-refractivity contribution in [1.29, 1.82) is 0 Å². The summed E-state index contributed by atoms with van der Waals surface area (Å²) in [6, 6.07) is 24.2. The summed E-state index contributed by atoms with van der Waals surface area (Å²) in [5.41, 5.74) is 2.62. The highest BCUT2D eigenvalue weighted by molar-refractivity contribution is 6.30. The summed E-state index contributed by atoms with van der Waals surface area (Å²) >= 11 is 5.92. The third kappa shape index (κ3) is 6.55. The molecular weight excluding hydrogens is 466 g/mol. The molecule has 1 aromatic heterocycles. The maximum absolute atomic E-state index is 12.8. The molecule has 4 N–H and O–H groups in total. The van der Waals surface area contributed by atoms with Crippen molar-refractivity contribution in [2.45, 2.75) is 6.42 Å². The number of nitrogens with one attached hydrogen (secondary N) is 4. The van der Waals surface area contributed by atoms with Gasteiger partial charge in [0.05, 0.1) is 0 Å². The van der Waals surface area contributed by atoms with E-state index >= 15 is 0 Å². The second-order valence-electron chi connectivity index (χ2n) is 7.61. The van der Waals surface area contributed by atoms with Gasteiger partial charge in [-0.1, -0.05) is 54.1 Å². The number of benzene rings is 3. The quantitative estimate of drug-likeness (QED) is 0.244. The van der Waals surface area contributed by atoms with Crippen LogP contribution in [0.5, 0.6) is 0 Å². The number of guanidine groups is 1. The van der Waals surface area contributed by atoms with Crippen molar-refractivity contribution in [3.63, 3.8) is 0 Å². The van der Waals surface area contributed by atoms with Gasteiger partial charge in [-0.3, -0.25) is 24.9 Å². The molecule has 176 valence electrons. The molecule has 0 saturated carbocycles. The van der Waals surface area contributed by atoms with Crippen molar-refractivity contribution in [2.24, 2.45) is 4.99 Å². The normalized spacial score (nSPS) is 11.2. The number of aromatic nitrogens is 2. The van der Waals surface area contributed by atoms with Crippen molar-refractivity contribution < 1.29 is 4.79 Å². The van der Waals surface area contributed by atoms with E-state index in [1.54, 1.807) is 24.3 Å². The SMILES string of the molecule is O=C(NC(=NCCc1c[nH]c(=O)[nH]c1=O)Nc1ccc(-c2ccccc2)cc1)c1ccc(Cl)cc1. The van der Waals surface area contributed by atoms with E-state index < -0.39 is 11.2 Å². The number of hydrogen-bond donors (Lipinski definition) is 4. The Morgan fingerprint density at radius 1 is 0.886 bits per heavy atom. The molecule has 0 aliphatic heterocycles. The van der Waals surface area contributed by atoms with Gasteiger partial charge in [0.15, 0.2) is 0 Å². The van der Waals surface area contributed by atoms with Gasteiger partial charge in [0.1, 0.15) is 0 Å². The van der Waals surface area contributed by atoms with E-state index in [0.29, 0.717) is 16.1 Å². The van der Waals surface area contributed by atoms with Crippen LogP contribution in [0.4, 0.5) is 5.69 Å². The number of halogens is 1. The van der Waals surface area contributed by atoms with Crippen LogP contribution in [-0.2, 0) is 6.42 Å². The largest absolute Gasteiger partial charge is 0.326 e. The molecule has 0 bridgehead atoms. The van der Waals surface area contributed by atoms with E-state index in [2.05, 4.69) is 25.6 Å². The first-order valence-electron chi connectivity index (χ1n) is 10.8. The van der Waals surface area contributed by atoms with Gasteiger partial charge in [-0.2, -0.15) is 0 Å². The van der Waals surface area contributed by atoms with Crippen LogP contribution in [0.15, 0.2) is 99.6 Å². The van der Waals surface area contributed by atoms with Gasteiger partial charge in [-0.15, -0.1) is 0 Å². The maximum atomic E-state index is 12.8. The molecule has 0 atom stereocenters. The minimum absolute atomic E-state index is 0.195. The molecule has 0 spiro atoms. The number of nitrogens with zero attached hydrogens (tertiary/aromatic N) is 1. The lowest BCUT2D eigenvalue weighted by Crippen LogP contribution is -2.36. The molecule has 0 aliphatic carbocycles. The van der Waals surface area contributed by atoms with Crippen LogP contribution in [0.25, 0.3) is 11.1 Å². The molecule has 1 amide bonds. The summed E-state index contributed by atoms with van der Waals surface area (Å²) in [5, 5.41) is 6.42. The van der Waals surface area contributed by atoms with E-state index in [4.69, 9.17) is 11.6 Å². The number of rotatable bonds is 6. The number of carbonyl (C=O) groups is 1. The van der Waals surface area contributed by atoms with Crippen LogP contribution in [0.2, 0.25) is 5.02 Å². The smallest absolute Gasteiger partial charge is 0.325 e. The molecule has 4 aromatic rings. The zero-order chi connectivity index (χ0) is 24.6. The van der Waals surface area contributed by atoms with Gasteiger partial charge in [-0.05, 0) is 53.9 Å². The number of anilines is 1. The highest BCUT2D eigenvalue weighted by Crippen LogP contribution is 2.21. The summed E-state index contributed by atoms with van der Waals surface area (Å²) in [4.78, 5) is 45.0. The predicted octanol–water partition coefficient (Wildman–Crippen LogP) is 3.82. The van der Waals surface area contributed by atoms with Crippen LogP contribution in [-0.4, -0.2) is 28.4 Å². The third-order valence-corrected chi connectivity index (χ3v) is 5.39. The molecule has 35 heavy (non-hydrogen) atoms. The van der Waals surface area contributed by atoms with Crippen LogP contribution < -0.4 is 21.9 Å². The number of amides is 1. The Bertz CT molecular complexity index is 1440. The molecule has 0 aliphatic rings. The van der Waals surface area contributed by atoms with E-state index in [1.807, 2.05) is 54.6 Å². The van der Waals surface area contributed by atoms with Gasteiger partial charge < -0.3 is 10.3 Å². The summed E-state index contributed by atoms with van der Waals surface area (Å²) in [6.07, 6.45) is 1.62. The molecular formula is C26H22ClN5O3. The maximum Gasteiger partial charge on any atom is 0.325 e. The zero-order valence-corrected chi connectivity index (χ0v) is 19.3. The number of aromatic amines is 2. The van der Waals surface area contributed by atoms with Crippen LogP contribution in [0, 0.1) is 0 Å². The molecule has 0 unspecified atom stereocenters. The predicted molar refractivity (Wildman–Crippen MR) is 138 cm³/mol. The summed E-state index contributed by atoms with van der Waals surface area (Å²) in [7, 11) is 0. The number of hydrogen-bond acceptors (Lipinski definition) is 4. The Hall–Kier alpha value is -4.43. The molecule has 0 saturated heterocycles. The Morgan fingerprint density at radius 3 is 2.26 bits per heavy atom. The minimum atomic E-state index is -0.571. The lowest BCUT2D eigenvalue weighted by atomic mass is 10.1. The second-order valence-corrected chi connectivity index (χ2v) is 8.04. The van der Waals surface area contributed by atoms with Crippen molar-refractivity contribution in [3.05, 3.63) is 122 Å². The molecule has 8 nitrogen and oxygen atoms in total. The Kier molecular flexibility index (Phi) is 7.54. The van der Waals surface area contributed by atoms with Crippen molar-refractivity contribution in [1.82, 2.24) is 15.3 Å². The molecule has 4 rings (SSSR count). The average molecular weight is 488 g/mol. The summed E-state index contributed by atoms with van der Waals surface area (Å²) < 4.78 is 0. The van der Waals surface area contributed by atoms with Gasteiger partial charge in [0, 0.05) is 34.6 Å². The van der Waals surface area contributed by atoms with Gasteiger partial charge in [0.2, 0.25) is 5.96 Å². The molecule has 0 fully saturated rings. The van der Waals surface area contributed by atoms with Gasteiger partial charge in [0.25, 0.3) is 11.5 Å². The van der Waals surface area contributed by atoms with Crippen LogP contribution in [0.1, 0.15) is 15.9 Å². The second kappa shape index (κ2) is 11.1. The topological polar surface area (TPSA) is 119 Å². The lowest BCUT2D eigenvalue weighted by Gasteiger charge is -2.13. The Balaban J connectivity index is 1.52. The lowest BCUT2D eigenvalue weighted by molar-refractivity contribution is 0.0977. The Morgan fingerprint density at radius 2 is 1.57 bits per heavy atom. The molecule has 0 radical (unpaired) electrons. The van der Waals surface area contributed by atoms with Crippen molar-refractivity contribution in [2.75, 3.05) is 11.9 Å². The summed E-state index contributed by atoms with van der Waals surface area (Å²) in [5.74, 6) is -0.144. The highest BCUT2D eigenvalue weighted by atomic mass is 35.5. The zero-order valence-electron chi connectivity index (χ0n) is 18.5. The standard InChI is InChI=1S/C26H22ClN5O3/c27-21-10-6-19(7-11-21)23(33)31-25(28-15-14-20-16-29-26(35)32-24(20)34)30-22-12-8-18(9-13-22)17-4-2-1-3-5-17/h1-13,16H,14-15H2,(H2,28,30,31,33)(H2,29,32,34,35). The fraction of sp³-hybridized carbons (Fsp3) is 0.0769. The van der Waals surface area contributed by atoms with Crippen LogP contribution >= 0.6 is 11.6 Å². The number of H-pyrrole nitrogens is 2. The minimum Gasteiger partial charge on any atom is -0.326 e. The fourth-order valence-electron chi connectivity index (χ4n) is 3.32. The van der Waals surface area contributed by atoms with Gasteiger partial charge in [-0.25, -0.2) is 4.79 Å². The first kappa shape index (κ1) is 23.7. The van der Waals surface area contributed by atoms with Crippen LogP contribution in [0.3, 0.4) is 0 Å². The fourth-order valence-corrected chi connectivity index (χ4v) is 3.44. The monoisotopic (exact) mass is 487 g/mol. The van der Waals surface area contributed by atoms with Crippen molar-refractivity contribution in [3.8, 4) is 11.1 Å². The molecule has 9 heteroatoms. The first-order valence-corrected chi connectivity index (χ1v) is 11.2. The van der Waals surface area contributed by atoms with E-state index in [1.165, 1.54) is 6.20 Å². The number of carbonyl (C=O) groups excluding carboxylic acids is 1. The van der Waals surface area contributed by atoms with E-state index in [-0.39, 0.29) is 24.8 Å². The van der Waals surface area contributed by atoms with E-state index in [0.717, 1.165) is 16.8 Å². The number of aliphatic imine (C=N–C) groups is 1. The summed E-state index contributed by atoms with van der Waals surface area (Å²) in [6.45, 7) is 0.195.